The average Bonchev–Trinajstić information content (AvgIpc) is 2.97. The second-order valence-electron chi connectivity index (χ2n) is 4.27. The van der Waals surface area contributed by atoms with Crippen LogP contribution in [0.2, 0.25) is 0 Å². The Labute approximate surface area is 121 Å². The van der Waals surface area contributed by atoms with Gasteiger partial charge >= 0.3 is 5.97 Å². The molecule has 0 aliphatic carbocycles. The fourth-order valence-electron chi connectivity index (χ4n) is 1.80. The van der Waals surface area contributed by atoms with E-state index in [2.05, 4.69) is 15.4 Å². The molecule has 1 N–H and O–H groups in total. The number of aryl methyl sites for hydroxylation is 2. The molecule has 2 aromatic heterocycles. The first kappa shape index (κ1) is 14.5. The third-order valence-electron chi connectivity index (χ3n) is 2.85. The van der Waals surface area contributed by atoms with Crippen molar-refractivity contribution in [1.29, 1.82) is 0 Å². The predicted octanol–water partition coefficient (Wildman–Crippen LogP) is 2.02. The quantitative estimate of drug-likeness (QED) is 0.825. The number of rotatable bonds is 6. The van der Waals surface area contributed by atoms with E-state index in [1.807, 2.05) is 24.7 Å². The lowest BCUT2D eigenvalue weighted by atomic mass is 10.3. The summed E-state index contributed by atoms with van der Waals surface area (Å²) in [4.78, 5) is 16.8. The number of hydrogen-bond acceptors (Lipinski definition) is 6. The molecule has 0 unspecified atom stereocenters. The molecule has 0 amide bonds. The van der Waals surface area contributed by atoms with Gasteiger partial charge in [0.15, 0.2) is 10.8 Å². The normalized spacial score (nSPS) is 10.6. The molecule has 0 fully saturated rings. The maximum absolute atomic E-state index is 11.7. The Hall–Kier alpha value is -1.89. The molecule has 108 valence electrons. The second kappa shape index (κ2) is 6.51. The lowest BCUT2D eigenvalue weighted by Gasteiger charge is -2.03. The van der Waals surface area contributed by atoms with E-state index >= 15 is 0 Å². The summed E-state index contributed by atoms with van der Waals surface area (Å²) >= 11 is 1.46. The van der Waals surface area contributed by atoms with Gasteiger partial charge in [0, 0.05) is 36.8 Å². The van der Waals surface area contributed by atoms with Crippen molar-refractivity contribution < 1.29 is 9.53 Å². The number of carbonyl (C=O) groups is 1. The highest BCUT2D eigenvalue weighted by Gasteiger charge is 2.16. The highest BCUT2D eigenvalue weighted by atomic mass is 32.1. The summed E-state index contributed by atoms with van der Waals surface area (Å²) in [6.07, 6.45) is 2.63. The van der Waals surface area contributed by atoms with Crippen molar-refractivity contribution >= 4 is 22.4 Å². The average molecular weight is 294 g/mol. The largest absolute Gasteiger partial charge is 0.461 e. The Bertz CT molecular complexity index is 591. The minimum Gasteiger partial charge on any atom is -0.461 e. The van der Waals surface area contributed by atoms with Gasteiger partial charge in [-0.15, -0.1) is 11.3 Å². The smallest absolute Gasteiger partial charge is 0.358 e. The van der Waals surface area contributed by atoms with Crippen molar-refractivity contribution in [2.75, 3.05) is 18.5 Å². The van der Waals surface area contributed by atoms with Crippen molar-refractivity contribution in [3.05, 3.63) is 28.5 Å². The molecule has 7 heteroatoms. The van der Waals surface area contributed by atoms with Gasteiger partial charge in [-0.2, -0.15) is 5.10 Å². The molecule has 0 saturated carbocycles. The first-order valence-electron chi connectivity index (χ1n) is 6.47. The van der Waals surface area contributed by atoms with E-state index in [4.69, 9.17) is 4.74 Å². The van der Waals surface area contributed by atoms with Gasteiger partial charge in [0.25, 0.3) is 0 Å². The molecule has 2 heterocycles. The Morgan fingerprint density at radius 3 is 3.00 bits per heavy atom. The molecule has 0 radical (unpaired) electrons. The van der Waals surface area contributed by atoms with Crippen LogP contribution in [0.5, 0.6) is 0 Å². The van der Waals surface area contributed by atoms with Gasteiger partial charge in [-0.25, -0.2) is 9.78 Å². The molecular formula is C13H18N4O2S. The summed E-state index contributed by atoms with van der Waals surface area (Å²) in [5.74, 6) is -0.360. The highest BCUT2D eigenvalue weighted by molar-refractivity contribution is 7.15. The van der Waals surface area contributed by atoms with Gasteiger partial charge in [0.2, 0.25) is 0 Å². The zero-order valence-electron chi connectivity index (χ0n) is 11.8. The van der Waals surface area contributed by atoms with E-state index in [-0.39, 0.29) is 5.97 Å². The van der Waals surface area contributed by atoms with Crippen molar-refractivity contribution in [2.24, 2.45) is 7.05 Å². The van der Waals surface area contributed by atoms with Gasteiger partial charge in [-0.05, 0) is 19.9 Å². The fraction of sp³-hybridized carbons (Fsp3) is 0.462. The molecule has 6 nitrogen and oxygen atoms in total. The summed E-state index contributed by atoms with van der Waals surface area (Å²) < 4.78 is 6.81. The SMILES string of the molecule is CCOC(=O)c1nc(NCCc2ccnn2C)sc1C. The molecule has 0 aliphatic heterocycles. The standard InChI is InChI=1S/C13H18N4O2S/c1-4-19-12(18)11-9(2)20-13(16-11)14-7-5-10-6-8-15-17(10)3/h6,8H,4-5,7H2,1-3H3,(H,14,16). The Balaban J connectivity index is 1.92. The minimum absolute atomic E-state index is 0.360. The molecule has 0 aromatic carbocycles. The number of nitrogens with zero attached hydrogens (tertiary/aromatic N) is 3. The highest BCUT2D eigenvalue weighted by Crippen LogP contribution is 2.22. The van der Waals surface area contributed by atoms with E-state index < -0.39 is 0 Å². The van der Waals surface area contributed by atoms with Crippen LogP contribution < -0.4 is 5.32 Å². The Morgan fingerprint density at radius 1 is 1.55 bits per heavy atom. The van der Waals surface area contributed by atoms with Crippen LogP contribution >= 0.6 is 11.3 Å². The number of hydrogen-bond donors (Lipinski definition) is 1. The molecule has 2 rings (SSSR count). The van der Waals surface area contributed by atoms with Crippen molar-refractivity contribution in [1.82, 2.24) is 14.8 Å². The number of esters is 1. The number of aromatic nitrogens is 3. The number of thiazole rings is 1. The molecule has 2 aromatic rings. The number of anilines is 1. The maximum Gasteiger partial charge on any atom is 0.358 e. The maximum atomic E-state index is 11.7. The number of carbonyl (C=O) groups excluding carboxylic acids is 1. The molecule has 0 atom stereocenters. The second-order valence-corrected chi connectivity index (χ2v) is 5.47. The topological polar surface area (TPSA) is 69.0 Å². The fourth-order valence-corrected chi connectivity index (χ4v) is 2.63. The van der Waals surface area contributed by atoms with Gasteiger partial charge in [-0.1, -0.05) is 0 Å². The van der Waals surface area contributed by atoms with Crippen LogP contribution in [0.1, 0.15) is 28.0 Å². The predicted molar refractivity (Wildman–Crippen MR) is 78.2 cm³/mol. The summed E-state index contributed by atoms with van der Waals surface area (Å²) in [7, 11) is 1.92. The zero-order valence-corrected chi connectivity index (χ0v) is 12.7. The van der Waals surface area contributed by atoms with Crippen LogP contribution in [0.4, 0.5) is 5.13 Å². The molecule has 0 bridgehead atoms. The van der Waals surface area contributed by atoms with Crippen LogP contribution in [0.3, 0.4) is 0 Å². The van der Waals surface area contributed by atoms with E-state index in [9.17, 15) is 4.79 Å². The molecular weight excluding hydrogens is 276 g/mol. The summed E-state index contributed by atoms with van der Waals surface area (Å²) in [6.45, 7) is 4.76. The first-order chi connectivity index (χ1) is 9.61. The monoisotopic (exact) mass is 294 g/mol. The zero-order chi connectivity index (χ0) is 14.5. The van der Waals surface area contributed by atoms with Crippen molar-refractivity contribution in [2.45, 2.75) is 20.3 Å². The Morgan fingerprint density at radius 2 is 2.35 bits per heavy atom. The number of ether oxygens (including phenoxy) is 1. The lowest BCUT2D eigenvalue weighted by Crippen LogP contribution is -2.09. The van der Waals surface area contributed by atoms with E-state index in [1.165, 1.54) is 11.3 Å². The van der Waals surface area contributed by atoms with Gasteiger partial charge in [0.05, 0.1) is 6.61 Å². The minimum atomic E-state index is -0.360. The molecule has 0 saturated heterocycles. The Kier molecular flexibility index (Phi) is 4.73. The van der Waals surface area contributed by atoms with E-state index in [0.29, 0.717) is 12.3 Å². The van der Waals surface area contributed by atoms with E-state index in [1.54, 1.807) is 13.1 Å². The summed E-state index contributed by atoms with van der Waals surface area (Å²) in [6, 6.07) is 1.98. The summed E-state index contributed by atoms with van der Waals surface area (Å²) in [5.41, 5.74) is 1.55. The third-order valence-corrected chi connectivity index (χ3v) is 3.77. The van der Waals surface area contributed by atoms with Crippen LogP contribution in [0.25, 0.3) is 0 Å². The molecule has 0 spiro atoms. The van der Waals surface area contributed by atoms with Gasteiger partial charge in [-0.3, -0.25) is 4.68 Å². The number of nitrogens with one attached hydrogen (secondary N) is 1. The molecule has 20 heavy (non-hydrogen) atoms. The third kappa shape index (κ3) is 3.36. The van der Waals surface area contributed by atoms with Crippen LogP contribution in [-0.4, -0.2) is 33.9 Å². The van der Waals surface area contributed by atoms with Crippen molar-refractivity contribution in [3.8, 4) is 0 Å². The van der Waals surface area contributed by atoms with Crippen LogP contribution in [0.15, 0.2) is 12.3 Å². The van der Waals surface area contributed by atoms with Gasteiger partial charge < -0.3 is 10.1 Å². The van der Waals surface area contributed by atoms with Crippen LogP contribution in [0, 0.1) is 6.92 Å². The molecule has 0 aliphatic rings. The van der Waals surface area contributed by atoms with Gasteiger partial charge in [0.1, 0.15) is 0 Å². The van der Waals surface area contributed by atoms with E-state index in [0.717, 1.165) is 28.7 Å². The van der Waals surface area contributed by atoms with Crippen molar-refractivity contribution in [3.63, 3.8) is 0 Å². The summed E-state index contributed by atoms with van der Waals surface area (Å²) in [5, 5.41) is 8.09. The lowest BCUT2D eigenvalue weighted by molar-refractivity contribution is 0.0519. The van der Waals surface area contributed by atoms with Crippen LogP contribution in [-0.2, 0) is 18.2 Å². The first-order valence-corrected chi connectivity index (χ1v) is 7.28.